The molecule has 1 atom stereocenters. The van der Waals surface area contributed by atoms with E-state index in [4.69, 9.17) is 14.6 Å². The van der Waals surface area contributed by atoms with Crippen LogP contribution in [0.3, 0.4) is 0 Å². The van der Waals surface area contributed by atoms with E-state index in [2.05, 4.69) is 0 Å². The Morgan fingerprint density at radius 1 is 1.15 bits per heavy atom. The van der Waals surface area contributed by atoms with Gasteiger partial charge in [-0.2, -0.15) is 0 Å². The Morgan fingerprint density at radius 2 is 1.70 bits per heavy atom. The lowest BCUT2D eigenvalue weighted by molar-refractivity contribution is -0.144. The number of hydrogen-bond donors (Lipinski definition) is 2. The van der Waals surface area contributed by atoms with Crippen molar-refractivity contribution >= 4 is 5.97 Å². The van der Waals surface area contributed by atoms with Gasteiger partial charge < -0.3 is 19.7 Å². The van der Waals surface area contributed by atoms with E-state index in [0.717, 1.165) is 5.75 Å². The number of carboxylic acids is 1. The standard InChI is InChI=1S/C15H20O5/c1-19-12-6-8-13(9-7-12)20-15(18)11-4-2-10(3-5-11)14(16)17/h6-11,15,18H,2-5H2,1H3,(H,16,17)/t10?,11?,15-/m0/s1. The zero-order chi connectivity index (χ0) is 14.5. The summed E-state index contributed by atoms with van der Waals surface area (Å²) in [6, 6.07) is 7.02. The van der Waals surface area contributed by atoms with Gasteiger partial charge in [-0.1, -0.05) is 0 Å². The van der Waals surface area contributed by atoms with E-state index in [-0.39, 0.29) is 11.8 Å². The minimum absolute atomic E-state index is 0.00676. The minimum Gasteiger partial charge on any atom is -0.497 e. The number of methoxy groups -OCH3 is 1. The van der Waals surface area contributed by atoms with Crippen LogP contribution in [0.25, 0.3) is 0 Å². The summed E-state index contributed by atoms with van der Waals surface area (Å²) >= 11 is 0. The third-order valence-electron chi connectivity index (χ3n) is 3.84. The fourth-order valence-electron chi connectivity index (χ4n) is 2.54. The van der Waals surface area contributed by atoms with E-state index in [1.807, 2.05) is 0 Å². The highest BCUT2D eigenvalue weighted by molar-refractivity contribution is 5.69. The first-order valence-electron chi connectivity index (χ1n) is 6.81. The number of carbonyl (C=O) groups is 1. The Morgan fingerprint density at radius 3 is 2.20 bits per heavy atom. The smallest absolute Gasteiger partial charge is 0.306 e. The van der Waals surface area contributed by atoms with Gasteiger partial charge in [0.1, 0.15) is 11.5 Å². The molecule has 0 saturated heterocycles. The lowest BCUT2D eigenvalue weighted by atomic mass is 9.82. The molecule has 0 bridgehead atoms. The Hall–Kier alpha value is -1.75. The van der Waals surface area contributed by atoms with E-state index in [0.29, 0.717) is 31.4 Å². The van der Waals surface area contributed by atoms with E-state index < -0.39 is 12.3 Å². The largest absolute Gasteiger partial charge is 0.497 e. The van der Waals surface area contributed by atoms with Crippen molar-refractivity contribution in [3.05, 3.63) is 24.3 Å². The molecule has 1 aliphatic carbocycles. The number of aliphatic hydroxyl groups is 1. The van der Waals surface area contributed by atoms with Gasteiger partial charge in [0, 0.05) is 5.92 Å². The van der Waals surface area contributed by atoms with Crippen molar-refractivity contribution in [3.8, 4) is 11.5 Å². The predicted octanol–water partition coefficient (Wildman–Crippen LogP) is 2.28. The first kappa shape index (κ1) is 14.7. The first-order valence-corrected chi connectivity index (χ1v) is 6.81. The Balaban J connectivity index is 1.85. The second kappa shape index (κ2) is 6.61. The molecule has 110 valence electrons. The maximum atomic E-state index is 10.9. The maximum absolute atomic E-state index is 10.9. The molecule has 20 heavy (non-hydrogen) atoms. The number of ether oxygens (including phenoxy) is 2. The van der Waals surface area contributed by atoms with Gasteiger partial charge in [0.05, 0.1) is 13.0 Å². The average molecular weight is 280 g/mol. The molecule has 1 aromatic carbocycles. The highest BCUT2D eigenvalue weighted by atomic mass is 16.6. The van der Waals surface area contributed by atoms with Crippen molar-refractivity contribution in [3.63, 3.8) is 0 Å². The summed E-state index contributed by atoms with van der Waals surface area (Å²) in [7, 11) is 1.59. The second-order valence-electron chi connectivity index (χ2n) is 5.13. The van der Waals surface area contributed by atoms with Crippen molar-refractivity contribution in [1.82, 2.24) is 0 Å². The number of benzene rings is 1. The Bertz CT molecular complexity index is 434. The van der Waals surface area contributed by atoms with Crippen LogP contribution in [0.4, 0.5) is 0 Å². The Kier molecular flexibility index (Phi) is 4.84. The van der Waals surface area contributed by atoms with Gasteiger partial charge in [-0.25, -0.2) is 0 Å². The van der Waals surface area contributed by atoms with Crippen LogP contribution in [0.1, 0.15) is 25.7 Å². The fourth-order valence-corrected chi connectivity index (χ4v) is 2.54. The molecule has 0 heterocycles. The fraction of sp³-hybridized carbons (Fsp3) is 0.533. The van der Waals surface area contributed by atoms with Crippen molar-refractivity contribution in [1.29, 1.82) is 0 Å². The van der Waals surface area contributed by atoms with Crippen LogP contribution in [0.2, 0.25) is 0 Å². The van der Waals surface area contributed by atoms with Crippen LogP contribution in [-0.2, 0) is 4.79 Å². The van der Waals surface area contributed by atoms with Crippen molar-refractivity contribution in [2.24, 2.45) is 11.8 Å². The summed E-state index contributed by atoms with van der Waals surface area (Å²) in [6.07, 6.45) is 1.66. The van der Waals surface area contributed by atoms with Gasteiger partial charge in [0.2, 0.25) is 0 Å². The van der Waals surface area contributed by atoms with Crippen LogP contribution >= 0.6 is 0 Å². The normalized spacial score (nSPS) is 23.9. The molecule has 2 N–H and O–H groups in total. The predicted molar refractivity (Wildman–Crippen MR) is 72.7 cm³/mol. The lowest BCUT2D eigenvalue weighted by Gasteiger charge is -2.29. The van der Waals surface area contributed by atoms with Gasteiger partial charge in [-0.05, 0) is 49.9 Å². The molecular formula is C15H20O5. The van der Waals surface area contributed by atoms with Gasteiger partial charge in [-0.15, -0.1) is 0 Å². The number of rotatable bonds is 5. The van der Waals surface area contributed by atoms with E-state index >= 15 is 0 Å². The third kappa shape index (κ3) is 3.63. The Labute approximate surface area is 118 Å². The molecule has 0 amide bonds. The van der Waals surface area contributed by atoms with Gasteiger partial charge in [0.15, 0.2) is 6.29 Å². The van der Waals surface area contributed by atoms with E-state index in [9.17, 15) is 9.90 Å². The average Bonchev–Trinajstić information content (AvgIpc) is 2.48. The summed E-state index contributed by atoms with van der Waals surface area (Å²) in [5.74, 6) is 0.286. The highest BCUT2D eigenvalue weighted by Crippen LogP contribution is 2.32. The summed E-state index contributed by atoms with van der Waals surface area (Å²) in [4.78, 5) is 10.9. The molecule has 1 fully saturated rings. The number of aliphatic carboxylic acids is 1. The number of aliphatic hydroxyl groups excluding tert-OH is 1. The third-order valence-corrected chi connectivity index (χ3v) is 3.84. The first-order chi connectivity index (χ1) is 9.60. The molecule has 5 nitrogen and oxygen atoms in total. The zero-order valence-electron chi connectivity index (χ0n) is 11.5. The summed E-state index contributed by atoms with van der Waals surface area (Å²) in [5.41, 5.74) is 0. The molecule has 0 unspecified atom stereocenters. The molecule has 0 aliphatic heterocycles. The molecule has 0 spiro atoms. The monoisotopic (exact) mass is 280 g/mol. The second-order valence-corrected chi connectivity index (χ2v) is 5.13. The topological polar surface area (TPSA) is 76.0 Å². The summed E-state index contributed by atoms with van der Waals surface area (Å²) < 4.78 is 10.6. The van der Waals surface area contributed by atoms with Crippen molar-refractivity contribution < 1.29 is 24.5 Å². The molecule has 1 aliphatic rings. The van der Waals surface area contributed by atoms with Crippen LogP contribution < -0.4 is 9.47 Å². The van der Waals surface area contributed by atoms with Gasteiger partial charge >= 0.3 is 5.97 Å². The van der Waals surface area contributed by atoms with Crippen LogP contribution in [0, 0.1) is 11.8 Å². The van der Waals surface area contributed by atoms with Crippen LogP contribution in [-0.4, -0.2) is 29.6 Å². The number of hydrogen-bond acceptors (Lipinski definition) is 4. The minimum atomic E-state index is -0.891. The maximum Gasteiger partial charge on any atom is 0.306 e. The van der Waals surface area contributed by atoms with Crippen molar-refractivity contribution in [2.45, 2.75) is 32.0 Å². The highest BCUT2D eigenvalue weighted by Gasteiger charge is 2.30. The SMILES string of the molecule is COc1ccc(O[C@H](O)C2CCC(C(=O)O)CC2)cc1. The molecular weight excluding hydrogens is 260 g/mol. The van der Waals surface area contributed by atoms with Gasteiger partial charge in [0.25, 0.3) is 0 Å². The molecule has 2 rings (SSSR count). The summed E-state index contributed by atoms with van der Waals surface area (Å²) in [5, 5.41) is 19.0. The van der Waals surface area contributed by atoms with Gasteiger partial charge in [-0.3, -0.25) is 4.79 Å². The molecule has 1 aromatic rings. The molecule has 5 heteroatoms. The van der Waals surface area contributed by atoms with E-state index in [1.165, 1.54) is 0 Å². The zero-order valence-corrected chi connectivity index (χ0v) is 11.5. The lowest BCUT2D eigenvalue weighted by Crippen LogP contribution is -2.32. The van der Waals surface area contributed by atoms with Crippen LogP contribution in [0.15, 0.2) is 24.3 Å². The molecule has 1 saturated carbocycles. The van der Waals surface area contributed by atoms with E-state index in [1.54, 1.807) is 31.4 Å². The number of carboxylic acid groups (broad SMARTS) is 1. The van der Waals surface area contributed by atoms with Crippen LogP contribution in [0.5, 0.6) is 11.5 Å². The quantitative estimate of drug-likeness (QED) is 0.809. The molecule has 0 aromatic heterocycles. The summed E-state index contributed by atoms with van der Waals surface area (Å²) in [6.45, 7) is 0. The van der Waals surface area contributed by atoms with Crippen molar-refractivity contribution in [2.75, 3.05) is 7.11 Å². The molecule has 0 radical (unpaired) electrons.